The first-order chi connectivity index (χ1) is 8.71. The molecule has 0 aromatic heterocycles. The lowest BCUT2D eigenvalue weighted by molar-refractivity contribution is 0.163. The van der Waals surface area contributed by atoms with Crippen molar-refractivity contribution in [3.05, 3.63) is 28.8 Å². The number of hydrogen-bond donors (Lipinski definition) is 1. The zero-order chi connectivity index (χ0) is 13.4. The van der Waals surface area contributed by atoms with Gasteiger partial charge in [0.25, 0.3) is 0 Å². The third kappa shape index (κ3) is 4.84. The van der Waals surface area contributed by atoms with Crippen LogP contribution in [0.1, 0.15) is 18.9 Å². The molecule has 4 heteroatoms. The number of rotatable bonds is 8. The normalized spacial score (nSPS) is 12.4. The second-order valence-corrected chi connectivity index (χ2v) is 4.64. The van der Waals surface area contributed by atoms with Crippen molar-refractivity contribution in [3.8, 4) is 5.75 Å². The Balaban J connectivity index is 2.62. The topological polar surface area (TPSA) is 30.5 Å². The summed E-state index contributed by atoms with van der Waals surface area (Å²) < 4.78 is 10.5. The Hall–Kier alpha value is -0.770. The summed E-state index contributed by atoms with van der Waals surface area (Å²) in [5.74, 6) is 0.895. The molecule has 0 saturated heterocycles. The smallest absolute Gasteiger partial charge is 0.122 e. The lowest BCUT2D eigenvalue weighted by Crippen LogP contribution is -2.33. The number of nitrogens with one attached hydrogen (secondary N) is 1. The lowest BCUT2D eigenvalue weighted by Gasteiger charge is -2.17. The van der Waals surface area contributed by atoms with Crippen molar-refractivity contribution in [1.29, 1.82) is 0 Å². The Morgan fingerprint density at radius 1 is 1.33 bits per heavy atom. The van der Waals surface area contributed by atoms with Crippen molar-refractivity contribution < 1.29 is 9.47 Å². The fourth-order valence-electron chi connectivity index (χ4n) is 2.01. The Morgan fingerprint density at radius 2 is 2.11 bits per heavy atom. The molecule has 0 aliphatic carbocycles. The van der Waals surface area contributed by atoms with E-state index < -0.39 is 0 Å². The molecule has 0 heterocycles. The highest BCUT2D eigenvalue weighted by Gasteiger charge is 2.10. The fourth-order valence-corrected chi connectivity index (χ4v) is 2.20. The van der Waals surface area contributed by atoms with Crippen LogP contribution in [0.3, 0.4) is 0 Å². The predicted octanol–water partition coefficient (Wildman–Crippen LogP) is 2.91. The highest BCUT2D eigenvalue weighted by molar-refractivity contribution is 6.30. The second kappa shape index (κ2) is 8.35. The fraction of sp³-hybridized carbons (Fsp3) is 0.571. The minimum absolute atomic E-state index is 0.365. The number of aryl methyl sites for hydroxylation is 1. The van der Waals surface area contributed by atoms with Gasteiger partial charge in [0.1, 0.15) is 5.75 Å². The van der Waals surface area contributed by atoms with Crippen LogP contribution in [0.15, 0.2) is 18.2 Å². The number of hydrogen-bond acceptors (Lipinski definition) is 3. The van der Waals surface area contributed by atoms with E-state index in [0.717, 1.165) is 42.3 Å². The van der Waals surface area contributed by atoms with E-state index in [4.69, 9.17) is 21.1 Å². The van der Waals surface area contributed by atoms with Crippen molar-refractivity contribution in [3.63, 3.8) is 0 Å². The van der Waals surface area contributed by atoms with Crippen LogP contribution in [0.25, 0.3) is 0 Å². The summed E-state index contributed by atoms with van der Waals surface area (Å²) in [4.78, 5) is 0. The molecular formula is C14H22ClNO2. The quantitative estimate of drug-likeness (QED) is 0.789. The largest absolute Gasteiger partial charge is 0.496 e. The minimum Gasteiger partial charge on any atom is -0.496 e. The van der Waals surface area contributed by atoms with Crippen LogP contribution in [0.4, 0.5) is 0 Å². The van der Waals surface area contributed by atoms with Crippen molar-refractivity contribution in [2.45, 2.75) is 25.8 Å². The first kappa shape index (κ1) is 15.3. The molecule has 1 N–H and O–H groups in total. The van der Waals surface area contributed by atoms with Gasteiger partial charge in [-0.25, -0.2) is 0 Å². The van der Waals surface area contributed by atoms with E-state index in [1.165, 1.54) is 0 Å². The number of benzene rings is 1. The molecule has 18 heavy (non-hydrogen) atoms. The number of halogens is 1. The highest BCUT2D eigenvalue weighted by Crippen LogP contribution is 2.24. The maximum atomic E-state index is 6.02. The highest BCUT2D eigenvalue weighted by atomic mass is 35.5. The van der Waals surface area contributed by atoms with Crippen LogP contribution in [0.5, 0.6) is 5.75 Å². The van der Waals surface area contributed by atoms with Gasteiger partial charge in [-0.15, -0.1) is 0 Å². The van der Waals surface area contributed by atoms with Gasteiger partial charge in [-0.05, 0) is 43.1 Å². The summed E-state index contributed by atoms with van der Waals surface area (Å²) in [5.41, 5.74) is 1.14. The monoisotopic (exact) mass is 271 g/mol. The summed E-state index contributed by atoms with van der Waals surface area (Å²) in [6, 6.07) is 6.09. The van der Waals surface area contributed by atoms with E-state index in [-0.39, 0.29) is 0 Å². The molecule has 0 spiro atoms. The Morgan fingerprint density at radius 3 is 2.72 bits per heavy atom. The molecule has 3 nitrogen and oxygen atoms in total. The van der Waals surface area contributed by atoms with Gasteiger partial charge in [0, 0.05) is 18.2 Å². The molecule has 1 atom stereocenters. The van der Waals surface area contributed by atoms with Crippen molar-refractivity contribution >= 4 is 11.6 Å². The maximum Gasteiger partial charge on any atom is 0.122 e. The van der Waals surface area contributed by atoms with E-state index >= 15 is 0 Å². The average molecular weight is 272 g/mol. The lowest BCUT2D eigenvalue weighted by atomic mass is 10.0. The summed E-state index contributed by atoms with van der Waals surface area (Å²) in [7, 11) is 3.41. The van der Waals surface area contributed by atoms with Gasteiger partial charge >= 0.3 is 0 Å². The van der Waals surface area contributed by atoms with Crippen LogP contribution in [0.2, 0.25) is 5.02 Å². The summed E-state index contributed by atoms with van der Waals surface area (Å²) in [5, 5.41) is 4.15. The van der Waals surface area contributed by atoms with E-state index in [9.17, 15) is 0 Å². The summed E-state index contributed by atoms with van der Waals surface area (Å²) >= 11 is 6.02. The van der Waals surface area contributed by atoms with Crippen LogP contribution in [0, 0.1) is 0 Å². The van der Waals surface area contributed by atoms with E-state index in [1.54, 1.807) is 14.2 Å². The molecule has 1 unspecified atom stereocenters. The van der Waals surface area contributed by atoms with Gasteiger partial charge in [-0.1, -0.05) is 18.5 Å². The molecule has 0 aliphatic heterocycles. The van der Waals surface area contributed by atoms with Crippen molar-refractivity contribution in [1.82, 2.24) is 5.32 Å². The van der Waals surface area contributed by atoms with E-state index in [2.05, 4.69) is 12.2 Å². The molecule has 1 aromatic carbocycles. The predicted molar refractivity (Wildman–Crippen MR) is 75.7 cm³/mol. The van der Waals surface area contributed by atoms with E-state index in [1.807, 2.05) is 18.2 Å². The third-order valence-electron chi connectivity index (χ3n) is 2.87. The molecule has 1 rings (SSSR count). The van der Waals surface area contributed by atoms with Crippen molar-refractivity contribution in [2.75, 3.05) is 27.4 Å². The van der Waals surface area contributed by atoms with E-state index in [0.29, 0.717) is 6.04 Å². The molecule has 0 amide bonds. The molecule has 0 bridgehead atoms. The zero-order valence-corrected chi connectivity index (χ0v) is 12.1. The third-order valence-corrected chi connectivity index (χ3v) is 3.10. The molecule has 0 radical (unpaired) electrons. The molecule has 1 aromatic rings. The van der Waals surface area contributed by atoms with Gasteiger partial charge in [0.15, 0.2) is 0 Å². The molecule has 0 fully saturated rings. The summed E-state index contributed by atoms with van der Waals surface area (Å²) in [6.45, 7) is 3.76. The van der Waals surface area contributed by atoms with Crippen LogP contribution >= 0.6 is 11.6 Å². The molecule has 102 valence electrons. The summed E-state index contributed by atoms with van der Waals surface area (Å²) in [6.07, 6.45) is 1.92. The van der Waals surface area contributed by atoms with Gasteiger partial charge in [0.2, 0.25) is 0 Å². The average Bonchev–Trinajstić information content (AvgIpc) is 2.36. The SMILES string of the molecule is CCNC(CCc1cc(Cl)ccc1OC)COC. The van der Waals surface area contributed by atoms with Gasteiger partial charge in [0.05, 0.1) is 13.7 Å². The van der Waals surface area contributed by atoms with Crippen LogP contribution in [-0.4, -0.2) is 33.4 Å². The number of likely N-dealkylation sites (N-methyl/N-ethyl adjacent to an activating group) is 1. The molecule has 0 saturated carbocycles. The zero-order valence-electron chi connectivity index (χ0n) is 11.3. The van der Waals surface area contributed by atoms with Crippen molar-refractivity contribution in [2.24, 2.45) is 0 Å². The maximum absolute atomic E-state index is 6.02. The van der Waals surface area contributed by atoms with Gasteiger partial charge in [-0.2, -0.15) is 0 Å². The number of ether oxygens (including phenoxy) is 2. The first-order valence-corrected chi connectivity index (χ1v) is 6.63. The Kier molecular flexibility index (Phi) is 7.09. The van der Waals surface area contributed by atoms with Crippen LogP contribution in [-0.2, 0) is 11.2 Å². The Labute approximate surface area is 114 Å². The molecular weight excluding hydrogens is 250 g/mol. The second-order valence-electron chi connectivity index (χ2n) is 4.20. The first-order valence-electron chi connectivity index (χ1n) is 6.26. The van der Waals surface area contributed by atoms with Crippen LogP contribution < -0.4 is 10.1 Å². The van der Waals surface area contributed by atoms with Gasteiger partial charge in [-0.3, -0.25) is 0 Å². The molecule has 0 aliphatic rings. The number of methoxy groups -OCH3 is 2. The minimum atomic E-state index is 0.365. The standard InChI is InChI=1S/C14H22ClNO2/c1-4-16-13(10-17-2)7-5-11-9-12(15)6-8-14(11)18-3/h6,8-9,13,16H,4-5,7,10H2,1-3H3. The van der Waals surface area contributed by atoms with Gasteiger partial charge < -0.3 is 14.8 Å². The Bertz CT molecular complexity index is 352.